The summed E-state index contributed by atoms with van der Waals surface area (Å²) < 4.78 is 17.1. The van der Waals surface area contributed by atoms with Gasteiger partial charge < -0.3 is 38.5 Å². The Hall–Kier alpha value is -1.08. The molecule has 0 aliphatic heterocycles. The van der Waals surface area contributed by atoms with Gasteiger partial charge in [-0.25, -0.2) is 0 Å². The Bertz CT molecular complexity index is 953. The van der Waals surface area contributed by atoms with E-state index in [2.05, 4.69) is 92.7 Å². The van der Waals surface area contributed by atoms with Crippen LogP contribution in [0.3, 0.4) is 0 Å². The van der Waals surface area contributed by atoms with Crippen LogP contribution in [0.5, 0.6) is 0 Å². The van der Waals surface area contributed by atoms with Crippen molar-refractivity contribution in [2.24, 2.45) is 17.3 Å². The van der Waals surface area contributed by atoms with E-state index in [-0.39, 0.29) is 0 Å². The molecule has 0 radical (unpaired) electrons. The molecule has 1 saturated carbocycles. The highest BCUT2D eigenvalue weighted by Crippen LogP contribution is 2.62. The molecule has 10 heteroatoms. The minimum Gasteiger partial charge on any atom is -0.822 e. The molecule has 1 fully saturated rings. The van der Waals surface area contributed by atoms with Crippen molar-refractivity contribution in [3.05, 3.63) is 58.2 Å². The van der Waals surface area contributed by atoms with Crippen LogP contribution >= 0.6 is 15.6 Å². The second kappa shape index (κ2) is 19.9. The first kappa shape index (κ1) is 41.1. The second-order valence-electron chi connectivity index (χ2n) is 11.5. The molecule has 0 bridgehead atoms. The van der Waals surface area contributed by atoms with Gasteiger partial charge in [0, 0.05) is 0 Å². The minimum absolute atomic E-state index is 0.508. The summed E-state index contributed by atoms with van der Waals surface area (Å²) in [6.07, 6.45) is 22.0. The van der Waals surface area contributed by atoms with Gasteiger partial charge in [-0.1, -0.05) is 72.1 Å². The zero-order chi connectivity index (χ0) is 31.7. The van der Waals surface area contributed by atoms with Crippen molar-refractivity contribution in [3.63, 3.8) is 0 Å². The normalized spacial score (nSPS) is 21.4. The van der Waals surface area contributed by atoms with Gasteiger partial charge in [0.1, 0.15) is 0 Å². The van der Waals surface area contributed by atoms with Crippen molar-refractivity contribution >= 4 is 15.6 Å². The van der Waals surface area contributed by atoms with Crippen LogP contribution < -0.4 is 29.4 Å². The monoisotopic (exact) mass is 600 g/mol. The Morgan fingerprint density at radius 2 is 0.950 bits per heavy atom. The molecule has 234 valence electrons. The van der Waals surface area contributed by atoms with E-state index in [0.29, 0.717) is 5.41 Å². The Balaban J connectivity index is 0. The zero-order valence-electron chi connectivity index (χ0n) is 25.9. The van der Waals surface area contributed by atoms with E-state index < -0.39 is 15.6 Å². The van der Waals surface area contributed by atoms with Gasteiger partial charge in [-0.2, -0.15) is 15.6 Å². The summed E-state index contributed by atoms with van der Waals surface area (Å²) in [7, 11) is -10.8. The minimum atomic E-state index is -5.39. The molecule has 0 spiro atoms. The highest BCUT2D eigenvalue weighted by molar-refractivity contribution is 7.40. The molecule has 1 aliphatic carbocycles. The fourth-order valence-electron chi connectivity index (χ4n) is 4.51. The molecule has 3 atom stereocenters. The van der Waals surface area contributed by atoms with E-state index in [9.17, 15) is 0 Å². The summed E-state index contributed by atoms with van der Waals surface area (Å²) >= 11 is 0. The predicted molar refractivity (Wildman–Crippen MR) is 153 cm³/mol. The van der Waals surface area contributed by atoms with Crippen molar-refractivity contribution in [2.45, 2.75) is 114 Å². The summed E-state index contributed by atoms with van der Waals surface area (Å²) in [6.45, 7) is 20.6. The highest BCUT2D eigenvalue weighted by Gasteiger charge is 2.55. The third-order valence-corrected chi connectivity index (χ3v) is 7.09. The van der Waals surface area contributed by atoms with Crippen molar-refractivity contribution in [2.75, 3.05) is 0 Å². The summed E-state index contributed by atoms with van der Waals surface area (Å²) in [5, 5.41) is 0. The van der Waals surface area contributed by atoms with Gasteiger partial charge in [-0.3, -0.25) is 0 Å². The van der Waals surface area contributed by atoms with Crippen LogP contribution in [0.4, 0.5) is 0 Å². The van der Waals surface area contributed by atoms with E-state index in [1.165, 1.54) is 68.1 Å². The summed E-state index contributed by atoms with van der Waals surface area (Å²) in [4.78, 5) is 51.3. The molecule has 40 heavy (non-hydrogen) atoms. The first-order valence-electron chi connectivity index (χ1n) is 13.8. The number of rotatable bonds is 13. The van der Waals surface area contributed by atoms with Crippen LogP contribution in [0.25, 0.3) is 0 Å². The second-order valence-corrected chi connectivity index (χ2v) is 13.3. The molecule has 0 heterocycles. The molecule has 0 aromatic heterocycles. The van der Waals surface area contributed by atoms with Crippen LogP contribution in [0.15, 0.2) is 58.2 Å². The van der Waals surface area contributed by atoms with E-state index in [1.807, 2.05) is 0 Å². The molecular formula is C30H50O8P2-6. The number of hydrogen-bond donors (Lipinski definition) is 0. The molecular weight excluding hydrogens is 550 g/mol. The molecule has 0 aromatic rings. The van der Waals surface area contributed by atoms with Crippen molar-refractivity contribution < 1.29 is 38.5 Å². The van der Waals surface area contributed by atoms with Crippen molar-refractivity contribution in [1.29, 1.82) is 0 Å². The molecule has 0 saturated heterocycles. The Morgan fingerprint density at radius 1 is 0.625 bits per heavy atom. The molecule has 0 N–H and O–H groups in total. The summed E-state index contributed by atoms with van der Waals surface area (Å²) in [5.74, 6) is 1.60. The smallest absolute Gasteiger partial charge is 0.0143 e. The first-order valence-corrected chi connectivity index (χ1v) is 16.7. The Labute approximate surface area is 243 Å². The molecule has 1 rings (SSSR count). The Morgan fingerprint density at radius 3 is 1.32 bits per heavy atom. The molecule has 3 unspecified atom stereocenters. The molecule has 0 aromatic carbocycles. The van der Waals surface area contributed by atoms with Gasteiger partial charge in [-0.15, -0.1) is 0 Å². The van der Waals surface area contributed by atoms with Gasteiger partial charge in [0.2, 0.25) is 0 Å². The number of allylic oxidation sites excluding steroid dienone is 10. The van der Waals surface area contributed by atoms with E-state index >= 15 is 0 Å². The number of hydrogen-bond acceptors (Lipinski definition) is 8. The topological polar surface area (TPSA) is 172 Å². The molecule has 0 amide bonds. The standard InChI is InChI=1S/C30H50.2H3O4P/c1-23(2)14-10-16-25(5)18-12-19-27(7)22-29-28(8)30(29,9)21-13-20-26(6)17-11-15-24(3)4;2*1-5(2,3)4/h14-15,18,20,22,28-29H,10-13,16-17,19,21H2,1-9H3;2*(H3,1,2,3,4)/p-6. The van der Waals surface area contributed by atoms with Crippen LogP contribution in [0, 0.1) is 17.3 Å². The third kappa shape index (κ3) is 27.1. The maximum absolute atomic E-state index is 8.55. The van der Waals surface area contributed by atoms with Crippen LogP contribution in [-0.2, 0) is 9.13 Å². The van der Waals surface area contributed by atoms with Crippen LogP contribution in [-0.4, -0.2) is 0 Å². The van der Waals surface area contributed by atoms with Crippen molar-refractivity contribution in [3.8, 4) is 0 Å². The fraction of sp³-hybridized carbons (Fsp3) is 0.667. The molecule has 8 nitrogen and oxygen atoms in total. The summed E-state index contributed by atoms with van der Waals surface area (Å²) in [5.41, 5.74) is 8.04. The predicted octanol–water partition coefficient (Wildman–Crippen LogP) is 4.50. The molecule has 1 aliphatic rings. The lowest BCUT2D eigenvalue weighted by Crippen LogP contribution is -2.24. The average molecular weight is 601 g/mol. The zero-order valence-corrected chi connectivity index (χ0v) is 27.6. The average Bonchev–Trinajstić information content (AvgIpc) is 3.23. The lowest BCUT2D eigenvalue weighted by atomic mass is 9.96. The third-order valence-electron chi connectivity index (χ3n) is 7.09. The van der Waals surface area contributed by atoms with Gasteiger partial charge in [0.25, 0.3) is 0 Å². The van der Waals surface area contributed by atoms with E-state index in [0.717, 1.165) is 11.8 Å². The first-order chi connectivity index (χ1) is 18.1. The largest absolute Gasteiger partial charge is 0.822 e. The maximum Gasteiger partial charge on any atom is -0.0143 e. The fourth-order valence-corrected chi connectivity index (χ4v) is 4.51. The van der Waals surface area contributed by atoms with Crippen molar-refractivity contribution in [1.82, 2.24) is 0 Å². The quantitative estimate of drug-likeness (QED) is 0.219. The lowest BCUT2D eigenvalue weighted by molar-refractivity contribution is -0.434. The number of phosphoric acid groups is 2. The van der Waals surface area contributed by atoms with Gasteiger partial charge >= 0.3 is 0 Å². The Kier molecular flexibility index (Phi) is 20.5. The van der Waals surface area contributed by atoms with Gasteiger partial charge in [0.15, 0.2) is 0 Å². The van der Waals surface area contributed by atoms with E-state index in [1.54, 1.807) is 11.1 Å². The van der Waals surface area contributed by atoms with Crippen LogP contribution in [0.2, 0.25) is 0 Å². The SMILES string of the molecule is CC(C)=CCCC(C)=CCCC(C)=CC1C(C)C1(C)CCC=C(C)CCC=C(C)C.O=P([O-])([O-])[O-].O=P([O-])([O-])[O-]. The lowest BCUT2D eigenvalue weighted by Gasteiger charge is -2.36. The summed E-state index contributed by atoms with van der Waals surface area (Å²) in [6, 6.07) is 0. The highest BCUT2D eigenvalue weighted by atomic mass is 31.2. The van der Waals surface area contributed by atoms with Crippen LogP contribution in [0.1, 0.15) is 114 Å². The maximum atomic E-state index is 8.55. The van der Waals surface area contributed by atoms with E-state index in [4.69, 9.17) is 38.5 Å². The van der Waals surface area contributed by atoms with Gasteiger partial charge in [-0.05, 0) is 117 Å². The van der Waals surface area contributed by atoms with Gasteiger partial charge in [0.05, 0.1) is 0 Å².